The molecular formula is C9H10BrN3O. The lowest BCUT2D eigenvalue weighted by Gasteiger charge is -1.96. The van der Waals surface area contributed by atoms with Crippen molar-refractivity contribution >= 4 is 21.7 Å². The van der Waals surface area contributed by atoms with Crippen molar-refractivity contribution in [1.29, 1.82) is 0 Å². The molecule has 0 aromatic carbocycles. The van der Waals surface area contributed by atoms with Crippen molar-refractivity contribution in [3.05, 3.63) is 34.3 Å². The molecule has 2 heterocycles. The van der Waals surface area contributed by atoms with Crippen LogP contribution in [-0.2, 0) is 6.54 Å². The third-order valence-corrected chi connectivity index (χ3v) is 2.36. The van der Waals surface area contributed by atoms with Crippen molar-refractivity contribution in [3.63, 3.8) is 0 Å². The number of hydrogen-bond donors (Lipinski definition) is 1. The fourth-order valence-electron chi connectivity index (χ4n) is 1.21. The minimum Gasteiger partial charge on any atom is -0.452 e. The van der Waals surface area contributed by atoms with Crippen LogP contribution < -0.4 is 5.73 Å². The molecule has 0 saturated carbocycles. The summed E-state index contributed by atoms with van der Waals surface area (Å²) in [4.78, 5) is 0. The molecule has 2 rings (SSSR count). The third-order valence-electron chi connectivity index (χ3n) is 1.93. The Bertz CT molecular complexity index is 427. The van der Waals surface area contributed by atoms with Gasteiger partial charge in [0.05, 0.1) is 6.54 Å². The first-order valence-electron chi connectivity index (χ1n) is 4.19. The van der Waals surface area contributed by atoms with Gasteiger partial charge >= 0.3 is 0 Å². The highest BCUT2D eigenvalue weighted by molar-refractivity contribution is 9.10. The number of anilines is 1. The number of rotatable bonds is 2. The molecule has 0 unspecified atom stereocenters. The smallest absolute Gasteiger partial charge is 0.169 e. The van der Waals surface area contributed by atoms with Crippen molar-refractivity contribution in [2.75, 3.05) is 5.73 Å². The summed E-state index contributed by atoms with van der Waals surface area (Å²) in [5.74, 6) is 1.41. The molecule has 0 saturated heterocycles. The highest BCUT2D eigenvalue weighted by Gasteiger charge is 2.04. The van der Waals surface area contributed by atoms with Crippen LogP contribution in [0.4, 0.5) is 5.82 Å². The molecule has 4 nitrogen and oxygen atoms in total. The van der Waals surface area contributed by atoms with Gasteiger partial charge in [-0.3, -0.25) is 4.68 Å². The second-order valence-electron chi connectivity index (χ2n) is 3.10. The highest BCUT2D eigenvalue weighted by Crippen LogP contribution is 2.15. The van der Waals surface area contributed by atoms with E-state index in [1.54, 1.807) is 4.68 Å². The lowest BCUT2D eigenvalue weighted by molar-refractivity contribution is 0.463. The van der Waals surface area contributed by atoms with E-state index in [2.05, 4.69) is 21.0 Å². The molecule has 0 radical (unpaired) electrons. The first-order valence-corrected chi connectivity index (χ1v) is 4.98. The lowest BCUT2D eigenvalue weighted by atomic mass is 10.4. The summed E-state index contributed by atoms with van der Waals surface area (Å²) >= 11 is 3.24. The summed E-state index contributed by atoms with van der Waals surface area (Å²) in [7, 11) is 0. The topological polar surface area (TPSA) is 57.0 Å². The van der Waals surface area contributed by atoms with Gasteiger partial charge in [-0.2, -0.15) is 5.10 Å². The predicted molar refractivity (Wildman–Crippen MR) is 56.9 cm³/mol. The van der Waals surface area contributed by atoms with E-state index < -0.39 is 0 Å². The number of aromatic nitrogens is 2. The second kappa shape index (κ2) is 3.49. The number of aryl methyl sites for hydroxylation is 1. The number of hydrogen-bond acceptors (Lipinski definition) is 3. The molecule has 0 aliphatic rings. The maximum Gasteiger partial charge on any atom is 0.169 e. The number of halogens is 1. The summed E-state index contributed by atoms with van der Waals surface area (Å²) in [5.41, 5.74) is 6.61. The fraction of sp³-hybridized carbons (Fsp3) is 0.222. The van der Waals surface area contributed by atoms with Gasteiger partial charge in [0, 0.05) is 11.8 Å². The van der Waals surface area contributed by atoms with Gasteiger partial charge in [0.1, 0.15) is 11.6 Å². The first-order chi connectivity index (χ1) is 6.65. The summed E-state index contributed by atoms with van der Waals surface area (Å²) in [6.07, 6.45) is 1.89. The van der Waals surface area contributed by atoms with Gasteiger partial charge in [0.25, 0.3) is 0 Å². The number of nitrogens with zero attached hydrogens (tertiary/aromatic N) is 2. The van der Waals surface area contributed by atoms with Crippen LogP contribution in [0.3, 0.4) is 0 Å². The SMILES string of the molecule is Cc1cn(Cc2ccc(Br)o2)nc1N. The molecule has 0 aliphatic carbocycles. The molecule has 0 amide bonds. The molecule has 0 fully saturated rings. The molecule has 2 aromatic heterocycles. The van der Waals surface area contributed by atoms with Crippen LogP contribution in [0.5, 0.6) is 0 Å². The van der Waals surface area contributed by atoms with Gasteiger partial charge in [-0.1, -0.05) is 0 Å². The average Bonchev–Trinajstić information content (AvgIpc) is 2.62. The molecule has 0 aliphatic heterocycles. The second-order valence-corrected chi connectivity index (χ2v) is 3.88. The summed E-state index contributed by atoms with van der Waals surface area (Å²) < 4.78 is 7.84. The maximum absolute atomic E-state index is 5.63. The largest absolute Gasteiger partial charge is 0.452 e. The predicted octanol–water partition coefficient (Wildman–Crippen LogP) is 2.18. The Morgan fingerprint density at radius 3 is 2.86 bits per heavy atom. The Kier molecular flexibility index (Phi) is 2.33. The standard InChI is InChI=1S/C9H10BrN3O/c1-6-4-13(12-9(6)11)5-7-2-3-8(10)14-7/h2-4H,5H2,1H3,(H2,11,12). The quantitative estimate of drug-likeness (QED) is 0.895. The monoisotopic (exact) mass is 255 g/mol. The van der Waals surface area contributed by atoms with E-state index in [-0.39, 0.29) is 0 Å². The molecule has 0 atom stereocenters. The van der Waals surface area contributed by atoms with E-state index in [1.165, 1.54) is 0 Å². The van der Waals surface area contributed by atoms with Gasteiger partial charge in [0.2, 0.25) is 0 Å². The molecule has 14 heavy (non-hydrogen) atoms. The van der Waals surface area contributed by atoms with Gasteiger partial charge in [-0.15, -0.1) is 0 Å². The zero-order chi connectivity index (χ0) is 10.1. The Balaban J connectivity index is 2.18. The van der Waals surface area contributed by atoms with Gasteiger partial charge in [0.15, 0.2) is 4.67 Å². The Morgan fingerprint density at radius 2 is 2.36 bits per heavy atom. The fourth-order valence-corrected chi connectivity index (χ4v) is 1.55. The van der Waals surface area contributed by atoms with Crippen molar-refractivity contribution in [3.8, 4) is 0 Å². The molecule has 0 bridgehead atoms. The number of nitrogens with two attached hydrogens (primary N) is 1. The van der Waals surface area contributed by atoms with E-state index in [9.17, 15) is 0 Å². The summed E-state index contributed by atoms with van der Waals surface area (Å²) in [5, 5.41) is 4.13. The molecule has 2 N–H and O–H groups in total. The van der Waals surface area contributed by atoms with Crippen LogP contribution in [-0.4, -0.2) is 9.78 Å². The van der Waals surface area contributed by atoms with Crippen LogP contribution in [0.1, 0.15) is 11.3 Å². The molecule has 0 spiro atoms. The average molecular weight is 256 g/mol. The maximum atomic E-state index is 5.63. The molecule has 2 aromatic rings. The Labute approximate surface area is 89.8 Å². The third kappa shape index (κ3) is 1.82. The molecule has 5 heteroatoms. The molecular weight excluding hydrogens is 246 g/mol. The highest BCUT2D eigenvalue weighted by atomic mass is 79.9. The van der Waals surface area contributed by atoms with Crippen molar-refractivity contribution in [2.24, 2.45) is 0 Å². The Hall–Kier alpha value is -1.23. The summed E-state index contributed by atoms with van der Waals surface area (Å²) in [6.45, 7) is 2.53. The van der Waals surface area contributed by atoms with E-state index in [1.807, 2.05) is 25.3 Å². The van der Waals surface area contributed by atoms with E-state index in [4.69, 9.17) is 10.2 Å². The van der Waals surface area contributed by atoms with Crippen LogP contribution in [0, 0.1) is 6.92 Å². The van der Waals surface area contributed by atoms with Crippen LogP contribution in [0.15, 0.2) is 27.4 Å². The van der Waals surface area contributed by atoms with Gasteiger partial charge in [-0.25, -0.2) is 0 Å². The number of nitrogen functional groups attached to an aromatic ring is 1. The number of furan rings is 1. The summed E-state index contributed by atoms with van der Waals surface area (Å²) in [6, 6.07) is 3.76. The first kappa shape index (κ1) is 9.33. The zero-order valence-corrected chi connectivity index (χ0v) is 9.28. The van der Waals surface area contributed by atoms with E-state index in [0.717, 1.165) is 16.0 Å². The van der Waals surface area contributed by atoms with Crippen LogP contribution in [0.2, 0.25) is 0 Å². The minimum absolute atomic E-state index is 0.565. The van der Waals surface area contributed by atoms with Crippen molar-refractivity contribution < 1.29 is 4.42 Å². The zero-order valence-electron chi connectivity index (χ0n) is 7.70. The minimum atomic E-state index is 0.565. The van der Waals surface area contributed by atoms with Crippen LogP contribution in [0.25, 0.3) is 0 Å². The van der Waals surface area contributed by atoms with E-state index in [0.29, 0.717) is 12.4 Å². The lowest BCUT2D eigenvalue weighted by Crippen LogP contribution is -1.99. The molecule has 74 valence electrons. The normalized spacial score (nSPS) is 10.7. The van der Waals surface area contributed by atoms with Crippen molar-refractivity contribution in [1.82, 2.24) is 9.78 Å². The van der Waals surface area contributed by atoms with Gasteiger partial charge < -0.3 is 10.2 Å². The van der Waals surface area contributed by atoms with Crippen molar-refractivity contribution in [2.45, 2.75) is 13.5 Å². The van der Waals surface area contributed by atoms with Crippen LogP contribution >= 0.6 is 15.9 Å². The van der Waals surface area contributed by atoms with E-state index >= 15 is 0 Å². The van der Waals surface area contributed by atoms with Gasteiger partial charge in [-0.05, 0) is 35.0 Å². The Morgan fingerprint density at radius 1 is 1.57 bits per heavy atom.